The van der Waals surface area contributed by atoms with Crippen molar-refractivity contribution in [1.29, 1.82) is 0 Å². The van der Waals surface area contributed by atoms with Gasteiger partial charge in [0.1, 0.15) is 6.33 Å². The summed E-state index contributed by atoms with van der Waals surface area (Å²) in [5.41, 5.74) is 1.72. The summed E-state index contributed by atoms with van der Waals surface area (Å²) in [5, 5.41) is 14.7. The molecule has 8 heteroatoms. The molecule has 8 nitrogen and oxygen atoms in total. The molecule has 0 atom stereocenters. The third-order valence-electron chi connectivity index (χ3n) is 4.50. The highest BCUT2D eigenvalue weighted by Gasteiger charge is 2.16. The van der Waals surface area contributed by atoms with Crippen LogP contribution in [-0.4, -0.2) is 56.0 Å². The van der Waals surface area contributed by atoms with Gasteiger partial charge < -0.3 is 10.2 Å². The maximum absolute atomic E-state index is 12.6. The highest BCUT2D eigenvalue weighted by molar-refractivity contribution is 5.68. The van der Waals surface area contributed by atoms with E-state index < -0.39 is 0 Å². The van der Waals surface area contributed by atoms with Crippen LogP contribution >= 0.6 is 0 Å². The summed E-state index contributed by atoms with van der Waals surface area (Å²) in [5.74, 6) is 0.457. The molecule has 3 heterocycles. The summed E-state index contributed by atoms with van der Waals surface area (Å²) in [4.78, 5) is 19.2. The summed E-state index contributed by atoms with van der Waals surface area (Å²) in [6, 6.07) is 10.9. The molecule has 1 aliphatic rings. The zero-order valence-electron chi connectivity index (χ0n) is 14.4. The van der Waals surface area contributed by atoms with Crippen molar-refractivity contribution in [2.45, 2.75) is 12.8 Å². The predicted octanol–water partition coefficient (Wildman–Crippen LogP) is 1.53. The second-order valence-electron chi connectivity index (χ2n) is 6.29. The molecule has 1 fully saturated rings. The Morgan fingerprint density at radius 3 is 2.69 bits per heavy atom. The molecule has 1 aromatic carbocycles. The molecule has 134 valence electrons. The molecule has 0 bridgehead atoms. The molecule has 2 N–H and O–H groups in total. The summed E-state index contributed by atoms with van der Waals surface area (Å²) < 4.78 is 1.37. The third-order valence-corrected chi connectivity index (χ3v) is 4.50. The number of H-pyrrole nitrogens is 1. The highest BCUT2D eigenvalue weighted by Crippen LogP contribution is 2.21. The molecule has 4 rings (SSSR count). The van der Waals surface area contributed by atoms with Crippen LogP contribution in [0.1, 0.15) is 12.8 Å². The molecule has 0 spiro atoms. The van der Waals surface area contributed by atoms with Gasteiger partial charge in [-0.2, -0.15) is 14.9 Å². The van der Waals surface area contributed by atoms with E-state index in [1.54, 1.807) is 6.07 Å². The van der Waals surface area contributed by atoms with Gasteiger partial charge in [-0.05, 0) is 38.1 Å². The Kier molecular flexibility index (Phi) is 4.74. The van der Waals surface area contributed by atoms with Gasteiger partial charge in [0.2, 0.25) is 5.82 Å². The van der Waals surface area contributed by atoms with E-state index in [1.165, 1.54) is 23.9 Å². The lowest BCUT2D eigenvalue weighted by molar-refractivity contribution is 0.352. The van der Waals surface area contributed by atoms with E-state index in [0.29, 0.717) is 22.9 Å². The van der Waals surface area contributed by atoms with Gasteiger partial charge in [0, 0.05) is 19.2 Å². The molecule has 2 aromatic heterocycles. The third kappa shape index (κ3) is 3.50. The van der Waals surface area contributed by atoms with Gasteiger partial charge in [-0.3, -0.25) is 9.89 Å². The Balaban J connectivity index is 1.64. The number of rotatable bonds is 6. The fraction of sp³-hybridized carbons (Fsp3) is 0.333. The molecule has 0 radical (unpaired) electrons. The van der Waals surface area contributed by atoms with Crippen molar-refractivity contribution in [3.8, 4) is 17.2 Å². The highest BCUT2D eigenvalue weighted by atomic mass is 16.1. The summed E-state index contributed by atoms with van der Waals surface area (Å²) >= 11 is 0. The van der Waals surface area contributed by atoms with Crippen LogP contribution in [0.4, 0.5) is 5.69 Å². The van der Waals surface area contributed by atoms with E-state index in [-0.39, 0.29) is 5.56 Å². The minimum absolute atomic E-state index is 0.195. The fourth-order valence-corrected chi connectivity index (χ4v) is 3.19. The Labute approximate surface area is 150 Å². The van der Waals surface area contributed by atoms with Crippen molar-refractivity contribution in [1.82, 2.24) is 29.9 Å². The smallest absolute Gasteiger partial charge is 0.273 e. The van der Waals surface area contributed by atoms with E-state index in [0.717, 1.165) is 26.2 Å². The number of hydrogen-bond donors (Lipinski definition) is 2. The quantitative estimate of drug-likeness (QED) is 0.700. The molecule has 1 saturated heterocycles. The first kappa shape index (κ1) is 16.5. The van der Waals surface area contributed by atoms with Crippen LogP contribution in [-0.2, 0) is 0 Å². The van der Waals surface area contributed by atoms with Crippen molar-refractivity contribution >= 4 is 5.69 Å². The van der Waals surface area contributed by atoms with E-state index >= 15 is 0 Å². The van der Waals surface area contributed by atoms with Crippen molar-refractivity contribution in [2.75, 3.05) is 31.5 Å². The van der Waals surface area contributed by atoms with Gasteiger partial charge >= 0.3 is 0 Å². The maximum Gasteiger partial charge on any atom is 0.273 e. The first-order valence-electron chi connectivity index (χ1n) is 8.83. The van der Waals surface area contributed by atoms with Gasteiger partial charge in [-0.1, -0.05) is 18.2 Å². The number of anilines is 1. The van der Waals surface area contributed by atoms with Crippen LogP contribution in [0, 0.1) is 0 Å². The molecule has 0 aliphatic carbocycles. The number of para-hydroxylation sites is 1. The molecule has 1 aliphatic heterocycles. The summed E-state index contributed by atoms with van der Waals surface area (Å²) in [6.45, 7) is 3.97. The average Bonchev–Trinajstić information content (AvgIpc) is 3.37. The second-order valence-corrected chi connectivity index (χ2v) is 6.29. The summed E-state index contributed by atoms with van der Waals surface area (Å²) in [6.07, 6.45) is 4.03. The number of nitrogens with one attached hydrogen (secondary N) is 2. The summed E-state index contributed by atoms with van der Waals surface area (Å²) in [7, 11) is 0. The van der Waals surface area contributed by atoms with Crippen LogP contribution in [0.2, 0.25) is 0 Å². The van der Waals surface area contributed by atoms with Crippen LogP contribution in [0.15, 0.2) is 47.5 Å². The van der Waals surface area contributed by atoms with Crippen LogP contribution in [0.3, 0.4) is 0 Å². The topological polar surface area (TPSA) is 91.7 Å². The molecule has 0 amide bonds. The van der Waals surface area contributed by atoms with E-state index in [9.17, 15) is 4.79 Å². The number of aromatic amines is 1. The van der Waals surface area contributed by atoms with E-state index in [1.807, 2.05) is 30.3 Å². The lowest BCUT2D eigenvalue weighted by atomic mass is 10.3. The van der Waals surface area contributed by atoms with Gasteiger partial charge in [0.05, 0.1) is 11.4 Å². The maximum atomic E-state index is 12.6. The number of benzene rings is 1. The molecule has 0 unspecified atom stereocenters. The SMILES string of the molecule is O=c1cc(NCCN2CCCC2)c(-c2nc[nH]n2)nn1-c1ccccc1. The van der Waals surface area contributed by atoms with Crippen LogP contribution in [0.25, 0.3) is 17.2 Å². The minimum atomic E-state index is -0.195. The molecular formula is C18H21N7O. The van der Waals surface area contributed by atoms with Gasteiger partial charge in [-0.25, -0.2) is 4.98 Å². The number of likely N-dealkylation sites (tertiary alicyclic amines) is 1. The predicted molar refractivity (Wildman–Crippen MR) is 99.4 cm³/mol. The zero-order valence-corrected chi connectivity index (χ0v) is 14.4. The Hall–Kier alpha value is -3.00. The first-order chi connectivity index (χ1) is 12.8. The van der Waals surface area contributed by atoms with Gasteiger partial charge in [0.25, 0.3) is 5.56 Å². The zero-order chi connectivity index (χ0) is 17.8. The Bertz CT molecular complexity index is 899. The second kappa shape index (κ2) is 7.49. The van der Waals surface area contributed by atoms with Crippen molar-refractivity contribution in [3.63, 3.8) is 0 Å². The van der Waals surface area contributed by atoms with Gasteiger partial charge in [-0.15, -0.1) is 0 Å². The molecule has 0 saturated carbocycles. The fourth-order valence-electron chi connectivity index (χ4n) is 3.19. The number of aromatic nitrogens is 5. The minimum Gasteiger partial charge on any atom is -0.382 e. The molecular weight excluding hydrogens is 330 g/mol. The largest absolute Gasteiger partial charge is 0.382 e. The average molecular weight is 351 g/mol. The first-order valence-corrected chi connectivity index (χ1v) is 8.83. The van der Waals surface area contributed by atoms with Crippen LogP contribution in [0.5, 0.6) is 0 Å². The van der Waals surface area contributed by atoms with Crippen LogP contribution < -0.4 is 10.9 Å². The van der Waals surface area contributed by atoms with Crippen molar-refractivity contribution in [2.24, 2.45) is 0 Å². The van der Waals surface area contributed by atoms with Crippen molar-refractivity contribution in [3.05, 3.63) is 53.1 Å². The molecule has 3 aromatic rings. The normalized spacial score (nSPS) is 14.6. The number of nitrogens with zero attached hydrogens (tertiary/aromatic N) is 5. The monoisotopic (exact) mass is 351 g/mol. The van der Waals surface area contributed by atoms with E-state index in [4.69, 9.17) is 0 Å². The lowest BCUT2D eigenvalue weighted by Gasteiger charge is -2.16. The van der Waals surface area contributed by atoms with E-state index in [2.05, 4.69) is 30.5 Å². The standard InChI is InChI=1S/C18H21N7O/c26-16-12-15(19-8-11-24-9-4-5-10-24)17(18-20-13-21-22-18)23-25(16)14-6-2-1-3-7-14/h1-3,6-7,12-13,19H,4-5,8-11H2,(H,20,21,22). The number of hydrogen-bond acceptors (Lipinski definition) is 6. The van der Waals surface area contributed by atoms with Crippen molar-refractivity contribution < 1.29 is 0 Å². The van der Waals surface area contributed by atoms with Gasteiger partial charge in [0.15, 0.2) is 5.69 Å². The lowest BCUT2D eigenvalue weighted by Crippen LogP contribution is -2.27. The molecule has 26 heavy (non-hydrogen) atoms. The Morgan fingerprint density at radius 1 is 1.15 bits per heavy atom. The Morgan fingerprint density at radius 2 is 1.96 bits per heavy atom.